The van der Waals surface area contributed by atoms with Gasteiger partial charge in [0.2, 0.25) is 0 Å². The number of benzene rings is 1. The highest BCUT2D eigenvalue weighted by Crippen LogP contribution is 2.20. The third-order valence-electron chi connectivity index (χ3n) is 3.91. The lowest BCUT2D eigenvalue weighted by molar-refractivity contribution is 0.0785. The van der Waals surface area contributed by atoms with Crippen LogP contribution in [0.1, 0.15) is 27.2 Å². The molecule has 2 heterocycles. The Morgan fingerprint density at radius 2 is 2.00 bits per heavy atom. The second-order valence-electron chi connectivity index (χ2n) is 5.84. The number of thioether (sulfide) groups is 1. The van der Waals surface area contributed by atoms with Gasteiger partial charge in [0.25, 0.3) is 5.91 Å². The van der Waals surface area contributed by atoms with Gasteiger partial charge in [0.1, 0.15) is 0 Å². The second-order valence-corrected chi connectivity index (χ2v) is 6.83. The van der Waals surface area contributed by atoms with Crippen LogP contribution in [0.25, 0.3) is 0 Å². The summed E-state index contributed by atoms with van der Waals surface area (Å²) in [7, 11) is 1.81. The number of aromatic amines is 1. The molecule has 0 spiro atoms. The molecule has 0 aliphatic heterocycles. The predicted octanol–water partition coefficient (Wildman–Crippen LogP) is 3.68. The van der Waals surface area contributed by atoms with Crippen LogP contribution in [-0.4, -0.2) is 33.0 Å². The van der Waals surface area contributed by atoms with Gasteiger partial charge in [0, 0.05) is 42.4 Å². The van der Waals surface area contributed by atoms with Crippen molar-refractivity contribution in [3.63, 3.8) is 0 Å². The van der Waals surface area contributed by atoms with Gasteiger partial charge in [0.15, 0.2) is 0 Å². The van der Waals surface area contributed by atoms with Gasteiger partial charge in [-0.25, -0.2) is 4.98 Å². The minimum absolute atomic E-state index is 0.00419. The SMILES string of the molecule is Cc1[nH]ncc1CN(C)C(=O)c1ccc(CSc2ccccn2)cc1. The van der Waals surface area contributed by atoms with Crippen LogP contribution in [0.2, 0.25) is 0 Å². The van der Waals surface area contributed by atoms with Crippen molar-refractivity contribution in [1.82, 2.24) is 20.1 Å². The number of carbonyl (C=O) groups excluding carboxylic acids is 1. The van der Waals surface area contributed by atoms with Crippen molar-refractivity contribution in [3.8, 4) is 0 Å². The molecule has 128 valence electrons. The van der Waals surface area contributed by atoms with Crippen LogP contribution in [0.15, 0.2) is 59.9 Å². The maximum absolute atomic E-state index is 12.6. The Hall–Kier alpha value is -2.60. The Labute approximate surface area is 151 Å². The lowest BCUT2D eigenvalue weighted by Gasteiger charge is -2.17. The van der Waals surface area contributed by atoms with E-state index in [4.69, 9.17) is 0 Å². The van der Waals surface area contributed by atoms with E-state index < -0.39 is 0 Å². The largest absolute Gasteiger partial charge is 0.337 e. The third kappa shape index (κ3) is 4.48. The van der Waals surface area contributed by atoms with Gasteiger partial charge in [-0.05, 0) is 36.8 Å². The van der Waals surface area contributed by atoms with Gasteiger partial charge in [-0.2, -0.15) is 5.10 Å². The molecule has 25 heavy (non-hydrogen) atoms. The first-order chi connectivity index (χ1) is 12.1. The maximum Gasteiger partial charge on any atom is 0.253 e. The van der Waals surface area contributed by atoms with E-state index >= 15 is 0 Å². The van der Waals surface area contributed by atoms with E-state index in [1.54, 1.807) is 36.1 Å². The van der Waals surface area contributed by atoms with Crippen molar-refractivity contribution in [2.45, 2.75) is 24.2 Å². The maximum atomic E-state index is 12.6. The number of aryl methyl sites for hydroxylation is 1. The first kappa shape index (κ1) is 17.2. The normalized spacial score (nSPS) is 10.6. The first-order valence-electron chi connectivity index (χ1n) is 8.00. The molecule has 0 atom stereocenters. The predicted molar refractivity (Wildman–Crippen MR) is 99.4 cm³/mol. The Morgan fingerprint density at radius 3 is 2.64 bits per heavy atom. The fraction of sp³-hybridized carbons (Fsp3) is 0.211. The summed E-state index contributed by atoms with van der Waals surface area (Å²) in [5.74, 6) is 0.833. The molecule has 1 amide bonds. The summed E-state index contributed by atoms with van der Waals surface area (Å²) >= 11 is 1.68. The molecule has 0 radical (unpaired) electrons. The lowest BCUT2D eigenvalue weighted by atomic mass is 10.1. The molecule has 0 bridgehead atoms. The molecule has 0 aliphatic carbocycles. The Morgan fingerprint density at radius 1 is 1.20 bits per heavy atom. The van der Waals surface area contributed by atoms with Gasteiger partial charge in [0.05, 0.1) is 11.2 Å². The molecule has 2 aromatic heterocycles. The van der Waals surface area contributed by atoms with Crippen LogP contribution >= 0.6 is 11.8 Å². The number of carbonyl (C=O) groups is 1. The molecule has 1 N–H and O–H groups in total. The molecule has 0 saturated heterocycles. The number of hydrogen-bond donors (Lipinski definition) is 1. The van der Waals surface area contributed by atoms with Gasteiger partial charge >= 0.3 is 0 Å². The molecule has 5 nitrogen and oxygen atoms in total. The number of pyridine rings is 1. The van der Waals surface area contributed by atoms with Crippen molar-refractivity contribution in [2.24, 2.45) is 0 Å². The molecule has 0 unspecified atom stereocenters. The van der Waals surface area contributed by atoms with Gasteiger partial charge in [-0.15, -0.1) is 11.8 Å². The molecule has 0 aliphatic rings. The lowest BCUT2D eigenvalue weighted by Crippen LogP contribution is -2.26. The molecule has 3 aromatic rings. The van der Waals surface area contributed by atoms with Crippen LogP contribution in [0.5, 0.6) is 0 Å². The topological polar surface area (TPSA) is 61.9 Å². The van der Waals surface area contributed by atoms with Crippen molar-refractivity contribution < 1.29 is 4.79 Å². The highest BCUT2D eigenvalue weighted by molar-refractivity contribution is 7.98. The summed E-state index contributed by atoms with van der Waals surface area (Å²) in [5, 5.41) is 7.88. The van der Waals surface area contributed by atoms with Crippen LogP contribution < -0.4 is 0 Å². The number of rotatable bonds is 6. The Bertz CT molecular complexity index is 830. The van der Waals surface area contributed by atoms with Crippen LogP contribution in [0.4, 0.5) is 0 Å². The number of H-pyrrole nitrogens is 1. The molecule has 0 saturated carbocycles. The average molecular weight is 352 g/mol. The summed E-state index contributed by atoms with van der Waals surface area (Å²) < 4.78 is 0. The van der Waals surface area contributed by atoms with Gasteiger partial charge in [-0.1, -0.05) is 18.2 Å². The fourth-order valence-electron chi connectivity index (χ4n) is 2.42. The molecular weight excluding hydrogens is 332 g/mol. The number of hydrogen-bond acceptors (Lipinski definition) is 4. The number of aromatic nitrogens is 3. The van der Waals surface area contributed by atoms with Gasteiger partial charge < -0.3 is 4.90 Å². The van der Waals surface area contributed by atoms with E-state index in [9.17, 15) is 4.79 Å². The number of nitrogens with one attached hydrogen (secondary N) is 1. The van der Waals surface area contributed by atoms with Crippen LogP contribution in [0, 0.1) is 6.92 Å². The van der Waals surface area contributed by atoms with Crippen molar-refractivity contribution in [2.75, 3.05) is 7.05 Å². The Balaban J connectivity index is 1.59. The van der Waals surface area contributed by atoms with E-state index in [-0.39, 0.29) is 5.91 Å². The zero-order chi connectivity index (χ0) is 17.6. The summed E-state index contributed by atoms with van der Waals surface area (Å²) in [4.78, 5) is 18.6. The average Bonchev–Trinajstić information content (AvgIpc) is 3.05. The summed E-state index contributed by atoms with van der Waals surface area (Å²) in [6, 6.07) is 13.7. The molecule has 3 rings (SSSR count). The van der Waals surface area contributed by atoms with Crippen LogP contribution in [-0.2, 0) is 12.3 Å². The number of amides is 1. The zero-order valence-corrected chi connectivity index (χ0v) is 15.1. The van der Waals surface area contributed by atoms with E-state index in [2.05, 4.69) is 15.2 Å². The van der Waals surface area contributed by atoms with E-state index in [0.29, 0.717) is 12.1 Å². The summed E-state index contributed by atoms with van der Waals surface area (Å²) in [5.41, 5.74) is 3.87. The Kier molecular flexibility index (Phi) is 5.50. The van der Waals surface area contributed by atoms with Crippen molar-refractivity contribution in [1.29, 1.82) is 0 Å². The van der Waals surface area contributed by atoms with E-state index in [1.807, 2.05) is 49.4 Å². The number of nitrogens with zero attached hydrogens (tertiary/aromatic N) is 3. The molecule has 1 aromatic carbocycles. The summed E-state index contributed by atoms with van der Waals surface area (Å²) in [6.45, 7) is 2.49. The smallest absolute Gasteiger partial charge is 0.253 e. The minimum atomic E-state index is 0.00419. The zero-order valence-electron chi connectivity index (χ0n) is 14.3. The van der Waals surface area contributed by atoms with E-state index in [0.717, 1.165) is 22.0 Å². The monoisotopic (exact) mass is 352 g/mol. The quantitative estimate of drug-likeness (QED) is 0.688. The first-order valence-corrected chi connectivity index (χ1v) is 8.99. The van der Waals surface area contributed by atoms with Crippen molar-refractivity contribution in [3.05, 3.63) is 77.2 Å². The van der Waals surface area contributed by atoms with Crippen molar-refractivity contribution >= 4 is 17.7 Å². The van der Waals surface area contributed by atoms with Gasteiger partial charge in [-0.3, -0.25) is 9.89 Å². The fourth-order valence-corrected chi connectivity index (χ4v) is 3.23. The van der Waals surface area contributed by atoms with Crippen LogP contribution in [0.3, 0.4) is 0 Å². The standard InChI is InChI=1S/C19H20N4OS/c1-14-17(11-21-22-14)12-23(2)19(24)16-8-6-15(7-9-16)13-25-18-5-3-4-10-20-18/h3-11H,12-13H2,1-2H3,(H,21,22). The summed E-state index contributed by atoms with van der Waals surface area (Å²) in [6.07, 6.45) is 3.55. The molecule has 0 fully saturated rings. The van der Waals surface area contributed by atoms with E-state index in [1.165, 1.54) is 5.56 Å². The minimum Gasteiger partial charge on any atom is -0.337 e. The highest BCUT2D eigenvalue weighted by Gasteiger charge is 2.13. The molecule has 6 heteroatoms. The highest BCUT2D eigenvalue weighted by atomic mass is 32.2. The molecular formula is C19H20N4OS. The third-order valence-corrected chi connectivity index (χ3v) is 4.93. The second kappa shape index (κ2) is 7.98.